The average molecular weight is 292 g/mol. The fraction of sp³-hybridized carbons (Fsp3) is 0. The SMILES string of the molecule is Nc1nc2cc(Br)cc(Br)c2o1. The molecular weight excluding hydrogens is 288 g/mol. The van der Waals surface area contributed by atoms with Crippen LogP contribution < -0.4 is 5.73 Å². The van der Waals surface area contributed by atoms with Crippen molar-refractivity contribution in [2.24, 2.45) is 0 Å². The molecule has 0 saturated carbocycles. The van der Waals surface area contributed by atoms with Crippen LogP contribution >= 0.6 is 31.9 Å². The van der Waals surface area contributed by atoms with Crippen molar-refractivity contribution in [3.8, 4) is 0 Å². The highest BCUT2D eigenvalue weighted by molar-refractivity contribution is 9.11. The van der Waals surface area contributed by atoms with Gasteiger partial charge in [0.1, 0.15) is 5.52 Å². The van der Waals surface area contributed by atoms with Gasteiger partial charge in [-0.2, -0.15) is 4.98 Å². The van der Waals surface area contributed by atoms with Crippen LogP contribution in [0.15, 0.2) is 25.5 Å². The molecule has 0 amide bonds. The Morgan fingerprint density at radius 1 is 1.33 bits per heavy atom. The molecule has 0 spiro atoms. The summed E-state index contributed by atoms with van der Waals surface area (Å²) in [5.41, 5.74) is 6.82. The minimum atomic E-state index is 0.184. The third-order valence-corrected chi connectivity index (χ3v) is 2.47. The van der Waals surface area contributed by atoms with E-state index in [0.29, 0.717) is 5.58 Å². The molecule has 0 atom stereocenters. The number of halogens is 2. The first-order valence-corrected chi connectivity index (χ1v) is 4.76. The molecule has 0 aliphatic heterocycles. The van der Waals surface area contributed by atoms with Crippen LogP contribution in [-0.2, 0) is 0 Å². The maximum absolute atomic E-state index is 5.40. The standard InChI is InChI=1S/C7H4Br2N2O/c8-3-1-4(9)6-5(2-3)11-7(10)12-6/h1-2H,(H2,10,11). The van der Waals surface area contributed by atoms with E-state index in [1.54, 1.807) is 0 Å². The highest BCUT2D eigenvalue weighted by Gasteiger charge is 2.07. The highest BCUT2D eigenvalue weighted by Crippen LogP contribution is 2.29. The summed E-state index contributed by atoms with van der Waals surface area (Å²) in [5, 5.41) is 0. The fourth-order valence-corrected chi connectivity index (χ4v) is 2.26. The van der Waals surface area contributed by atoms with Crippen LogP contribution in [-0.4, -0.2) is 4.98 Å². The van der Waals surface area contributed by atoms with Gasteiger partial charge in [0, 0.05) is 4.47 Å². The number of rotatable bonds is 0. The lowest BCUT2D eigenvalue weighted by Crippen LogP contribution is -1.80. The second-order valence-electron chi connectivity index (χ2n) is 2.29. The van der Waals surface area contributed by atoms with Crippen LogP contribution in [0.25, 0.3) is 11.1 Å². The number of oxazole rings is 1. The fourth-order valence-electron chi connectivity index (χ4n) is 0.977. The first kappa shape index (κ1) is 8.07. The smallest absolute Gasteiger partial charge is 0.293 e. The summed E-state index contributed by atoms with van der Waals surface area (Å²) in [6, 6.07) is 3.91. The Kier molecular flexibility index (Phi) is 1.84. The Morgan fingerprint density at radius 3 is 2.83 bits per heavy atom. The highest BCUT2D eigenvalue weighted by atomic mass is 79.9. The quantitative estimate of drug-likeness (QED) is 0.812. The molecule has 2 N–H and O–H groups in total. The van der Waals surface area contributed by atoms with Crippen molar-refractivity contribution >= 4 is 49.0 Å². The normalized spacial score (nSPS) is 10.8. The molecule has 12 heavy (non-hydrogen) atoms. The Labute approximate surface area is 85.2 Å². The number of hydrogen-bond donors (Lipinski definition) is 1. The maximum atomic E-state index is 5.40. The van der Waals surface area contributed by atoms with Gasteiger partial charge in [-0.15, -0.1) is 0 Å². The van der Waals surface area contributed by atoms with Gasteiger partial charge >= 0.3 is 0 Å². The van der Waals surface area contributed by atoms with Gasteiger partial charge in [-0.1, -0.05) is 15.9 Å². The van der Waals surface area contributed by atoms with Gasteiger partial charge < -0.3 is 10.2 Å². The van der Waals surface area contributed by atoms with Gasteiger partial charge in [0.15, 0.2) is 5.58 Å². The second kappa shape index (κ2) is 2.74. The van der Waals surface area contributed by atoms with Crippen molar-refractivity contribution in [2.45, 2.75) is 0 Å². The lowest BCUT2D eigenvalue weighted by molar-refractivity contribution is 0.624. The Morgan fingerprint density at radius 2 is 2.08 bits per heavy atom. The zero-order valence-corrected chi connectivity index (χ0v) is 9.02. The number of hydrogen-bond acceptors (Lipinski definition) is 3. The van der Waals surface area contributed by atoms with Crippen molar-refractivity contribution in [1.29, 1.82) is 0 Å². The lowest BCUT2D eigenvalue weighted by Gasteiger charge is -1.91. The first-order valence-electron chi connectivity index (χ1n) is 3.18. The van der Waals surface area contributed by atoms with E-state index in [4.69, 9.17) is 10.2 Å². The molecule has 5 heteroatoms. The zero-order chi connectivity index (χ0) is 8.72. The molecule has 62 valence electrons. The summed E-state index contributed by atoms with van der Waals surface area (Å²) in [4.78, 5) is 3.99. The number of nitrogens with two attached hydrogens (primary N) is 1. The molecule has 0 aliphatic rings. The van der Waals surface area contributed by atoms with Gasteiger partial charge in [-0.05, 0) is 28.1 Å². The molecule has 1 aromatic heterocycles. The van der Waals surface area contributed by atoms with E-state index in [-0.39, 0.29) is 6.01 Å². The van der Waals surface area contributed by atoms with Crippen molar-refractivity contribution in [1.82, 2.24) is 4.98 Å². The Bertz CT molecular complexity index is 438. The molecule has 0 saturated heterocycles. The maximum Gasteiger partial charge on any atom is 0.293 e. The van der Waals surface area contributed by atoms with Crippen LogP contribution in [0.3, 0.4) is 0 Å². The van der Waals surface area contributed by atoms with Crippen LogP contribution in [0.4, 0.5) is 6.01 Å². The van der Waals surface area contributed by atoms with Crippen LogP contribution in [0, 0.1) is 0 Å². The van der Waals surface area contributed by atoms with Crippen LogP contribution in [0.5, 0.6) is 0 Å². The van der Waals surface area contributed by atoms with Gasteiger partial charge in [-0.25, -0.2) is 0 Å². The van der Waals surface area contributed by atoms with E-state index >= 15 is 0 Å². The summed E-state index contributed by atoms with van der Waals surface area (Å²) in [6.07, 6.45) is 0. The van der Waals surface area contributed by atoms with E-state index in [1.807, 2.05) is 12.1 Å². The predicted octanol–water partition coefficient (Wildman–Crippen LogP) is 2.94. The average Bonchev–Trinajstić information content (AvgIpc) is 2.29. The van der Waals surface area contributed by atoms with E-state index in [2.05, 4.69) is 36.8 Å². The summed E-state index contributed by atoms with van der Waals surface area (Å²) < 4.78 is 6.94. The van der Waals surface area contributed by atoms with Crippen LogP contribution in [0.1, 0.15) is 0 Å². The topological polar surface area (TPSA) is 52.0 Å². The summed E-state index contributed by atoms with van der Waals surface area (Å²) in [6.45, 7) is 0. The number of aromatic nitrogens is 1. The van der Waals surface area contributed by atoms with Crippen molar-refractivity contribution in [2.75, 3.05) is 5.73 Å². The third-order valence-electron chi connectivity index (χ3n) is 1.43. The molecule has 0 aliphatic carbocycles. The summed E-state index contributed by atoms with van der Waals surface area (Å²) in [7, 11) is 0. The number of nitrogen functional groups attached to an aromatic ring is 1. The third kappa shape index (κ3) is 1.23. The lowest BCUT2D eigenvalue weighted by atomic mass is 10.3. The van der Waals surface area contributed by atoms with Crippen molar-refractivity contribution in [3.63, 3.8) is 0 Å². The van der Waals surface area contributed by atoms with E-state index in [0.717, 1.165) is 14.5 Å². The van der Waals surface area contributed by atoms with E-state index in [9.17, 15) is 0 Å². The molecule has 2 rings (SSSR count). The summed E-state index contributed by atoms with van der Waals surface area (Å²) in [5.74, 6) is 0. The molecule has 0 radical (unpaired) electrons. The van der Waals surface area contributed by atoms with E-state index < -0.39 is 0 Å². The molecular formula is C7H4Br2N2O. The molecule has 3 nitrogen and oxygen atoms in total. The molecule has 1 heterocycles. The molecule has 2 aromatic rings. The van der Waals surface area contributed by atoms with Crippen molar-refractivity contribution in [3.05, 3.63) is 21.1 Å². The molecule has 0 bridgehead atoms. The van der Waals surface area contributed by atoms with Gasteiger partial charge in [0.05, 0.1) is 4.47 Å². The largest absolute Gasteiger partial charge is 0.422 e. The molecule has 0 fully saturated rings. The molecule has 1 aromatic carbocycles. The van der Waals surface area contributed by atoms with E-state index in [1.165, 1.54) is 0 Å². The number of benzene rings is 1. The minimum absolute atomic E-state index is 0.184. The summed E-state index contributed by atoms with van der Waals surface area (Å²) >= 11 is 6.68. The zero-order valence-electron chi connectivity index (χ0n) is 5.84. The number of fused-ring (bicyclic) bond motifs is 1. The first-order chi connectivity index (χ1) is 5.66. The Hall–Kier alpha value is -0.550. The van der Waals surface area contributed by atoms with Gasteiger partial charge in [-0.3, -0.25) is 0 Å². The van der Waals surface area contributed by atoms with Crippen LogP contribution in [0.2, 0.25) is 0 Å². The number of nitrogens with zero attached hydrogens (tertiary/aromatic N) is 1. The Balaban J connectivity index is 2.88. The minimum Gasteiger partial charge on any atom is -0.422 e. The molecule has 0 unspecified atom stereocenters. The van der Waals surface area contributed by atoms with Crippen molar-refractivity contribution < 1.29 is 4.42 Å². The monoisotopic (exact) mass is 290 g/mol. The second-order valence-corrected chi connectivity index (χ2v) is 4.06. The van der Waals surface area contributed by atoms with Gasteiger partial charge in [0.25, 0.3) is 6.01 Å². The number of anilines is 1. The predicted molar refractivity (Wildman–Crippen MR) is 53.8 cm³/mol. The van der Waals surface area contributed by atoms with Gasteiger partial charge in [0.2, 0.25) is 0 Å².